The van der Waals surface area contributed by atoms with E-state index < -0.39 is 23.8 Å². The third-order valence-electron chi connectivity index (χ3n) is 6.41. The largest absolute Gasteiger partial charge is 0.495 e. The molecule has 1 aliphatic heterocycles. The van der Waals surface area contributed by atoms with Gasteiger partial charge in [-0.25, -0.2) is 0 Å². The molecular formula is C28H24F3N5O2S. The minimum absolute atomic E-state index is 0.270. The molecule has 2 aromatic heterocycles. The van der Waals surface area contributed by atoms with Crippen molar-refractivity contribution < 1.29 is 22.7 Å². The van der Waals surface area contributed by atoms with Crippen molar-refractivity contribution in [2.24, 2.45) is 0 Å². The Morgan fingerprint density at radius 2 is 1.87 bits per heavy atom. The van der Waals surface area contributed by atoms with Gasteiger partial charge in [-0.05, 0) is 72.9 Å². The van der Waals surface area contributed by atoms with Gasteiger partial charge in [0, 0.05) is 36.4 Å². The van der Waals surface area contributed by atoms with Gasteiger partial charge < -0.3 is 24.8 Å². The zero-order valence-corrected chi connectivity index (χ0v) is 21.8. The molecule has 2 N–H and O–H groups in total. The molecule has 200 valence electrons. The molecule has 1 aliphatic rings. The van der Waals surface area contributed by atoms with Crippen molar-refractivity contribution in [3.63, 3.8) is 0 Å². The van der Waals surface area contributed by atoms with Crippen molar-refractivity contribution in [2.75, 3.05) is 17.3 Å². The van der Waals surface area contributed by atoms with Crippen molar-refractivity contribution in [1.82, 2.24) is 14.9 Å². The van der Waals surface area contributed by atoms with Crippen LogP contribution in [0.25, 0.3) is 5.69 Å². The fourth-order valence-electron chi connectivity index (χ4n) is 4.77. The highest BCUT2D eigenvalue weighted by molar-refractivity contribution is 7.80. The van der Waals surface area contributed by atoms with E-state index in [1.807, 2.05) is 29.2 Å². The van der Waals surface area contributed by atoms with Gasteiger partial charge in [0.1, 0.15) is 11.8 Å². The van der Waals surface area contributed by atoms with Crippen LogP contribution in [0.3, 0.4) is 0 Å². The summed E-state index contributed by atoms with van der Waals surface area (Å²) in [4.78, 5) is 18.3. The fraction of sp³-hybridized carbons (Fsp3) is 0.179. The molecule has 2 atom stereocenters. The molecule has 39 heavy (non-hydrogen) atoms. The smallest absolute Gasteiger partial charge is 0.416 e. The predicted octanol–water partition coefficient (Wildman–Crippen LogP) is 6.04. The first-order chi connectivity index (χ1) is 18.7. The molecule has 5 rings (SSSR count). The van der Waals surface area contributed by atoms with Gasteiger partial charge in [-0.2, -0.15) is 13.2 Å². The number of alkyl halides is 3. The maximum Gasteiger partial charge on any atom is 0.416 e. The summed E-state index contributed by atoms with van der Waals surface area (Å²) in [5.74, 6) is 0.200. The van der Waals surface area contributed by atoms with Gasteiger partial charge in [0.25, 0.3) is 0 Å². The highest BCUT2D eigenvalue weighted by Gasteiger charge is 2.42. The van der Waals surface area contributed by atoms with E-state index in [9.17, 15) is 18.0 Å². The van der Waals surface area contributed by atoms with E-state index >= 15 is 0 Å². The van der Waals surface area contributed by atoms with Gasteiger partial charge in [-0.15, -0.1) is 0 Å². The van der Waals surface area contributed by atoms with E-state index in [-0.39, 0.29) is 5.91 Å². The van der Waals surface area contributed by atoms with Crippen LogP contribution >= 0.6 is 12.2 Å². The highest BCUT2D eigenvalue weighted by Crippen LogP contribution is 2.44. The Morgan fingerprint density at radius 1 is 1.05 bits per heavy atom. The first kappa shape index (κ1) is 26.2. The first-order valence-corrected chi connectivity index (χ1v) is 12.4. The summed E-state index contributed by atoms with van der Waals surface area (Å²) in [7, 11) is 1.50. The number of ether oxygens (including phenoxy) is 1. The third-order valence-corrected chi connectivity index (χ3v) is 6.72. The standard InChI is InChI=1S/C28H24F3N5O2S/c1-17(37)33-22-16-20(11-12-24(22)38-2)36-26(25(34-27(36)39)21-9-3-4-13-32-21)23-10-6-14-35(23)19-8-5-7-18(15-19)28(29,30)31/h3-16,25-26H,1-2H3,(H,33,37)(H,34,39)/t25-,26-/m1/s1. The molecule has 4 aromatic rings. The average molecular weight is 552 g/mol. The Morgan fingerprint density at radius 3 is 2.56 bits per heavy atom. The van der Waals surface area contributed by atoms with Gasteiger partial charge in [0.2, 0.25) is 5.91 Å². The van der Waals surface area contributed by atoms with Crippen molar-refractivity contribution in [2.45, 2.75) is 25.2 Å². The number of carbonyl (C=O) groups excluding carboxylic acids is 1. The second-order valence-electron chi connectivity index (χ2n) is 8.91. The molecule has 0 aliphatic carbocycles. The summed E-state index contributed by atoms with van der Waals surface area (Å²) < 4.78 is 47.7. The van der Waals surface area contributed by atoms with Gasteiger partial charge >= 0.3 is 6.18 Å². The fourth-order valence-corrected chi connectivity index (χ4v) is 5.11. The van der Waals surface area contributed by atoms with E-state index in [0.29, 0.717) is 39.3 Å². The molecule has 0 radical (unpaired) electrons. The monoisotopic (exact) mass is 551 g/mol. The average Bonchev–Trinajstić information content (AvgIpc) is 3.53. The molecule has 7 nitrogen and oxygen atoms in total. The van der Waals surface area contributed by atoms with Crippen LogP contribution < -0.4 is 20.3 Å². The van der Waals surface area contributed by atoms with Crippen LogP contribution in [0.4, 0.5) is 24.5 Å². The molecule has 1 saturated heterocycles. The van der Waals surface area contributed by atoms with E-state index in [1.54, 1.807) is 47.3 Å². The molecule has 3 heterocycles. The van der Waals surface area contributed by atoms with E-state index in [2.05, 4.69) is 15.6 Å². The Bertz CT molecular complexity index is 1520. The van der Waals surface area contributed by atoms with E-state index in [4.69, 9.17) is 17.0 Å². The number of amides is 1. The van der Waals surface area contributed by atoms with Gasteiger partial charge in [-0.1, -0.05) is 12.1 Å². The minimum atomic E-state index is -4.48. The molecule has 2 aromatic carbocycles. The number of thiocarbonyl (C=S) groups is 1. The molecular weight excluding hydrogens is 527 g/mol. The normalized spacial score (nSPS) is 17.2. The first-order valence-electron chi connectivity index (χ1n) is 12.0. The van der Waals surface area contributed by atoms with Crippen molar-refractivity contribution in [1.29, 1.82) is 0 Å². The molecule has 1 fully saturated rings. The number of halogens is 3. The lowest BCUT2D eigenvalue weighted by molar-refractivity contribution is -0.137. The minimum Gasteiger partial charge on any atom is -0.495 e. The topological polar surface area (TPSA) is 71.4 Å². The van der Waals surface area contributed by atoms with Crippen LogP contribution in [-0.2, 0) is 11.0 Å². The summed E-state index contributed by atoms with van der Waals surface area (Å²) in [6.45, 7) is 1.40. The number of benzene rings is 2. The summed E-state index contributed by atoms with van der Waals surface area (Å²) in [6.07, 6.45) is -1.09. The Labute approximate surface area is 228 Å². The molecule has 0 unspecified atom stereocenters. The van der Waals surface area contributed by atoms with Crippen LogP contribution in [0.1, 0.15) is 36.0 Å². The quantitative estimate of drug-likeness (QED) is 0.285. The Balaban J connectivity index is 1.66. The number of pyridine rings is 1. The molecule has 0 saturated carbocycles. The van der Waals surface area contributed by atoms with Crippen molar-refractivity contribution in [3.8, 4) is 11.4 Å². The van der Waals surface area contributed by atoms with E-state index in [1.165, 1.54) is 20.1 Å². The summed E-state index contributed by atoms with van der Waals surface area (Å²) >= 11 is 5.78. The molecule has 11 heteroatoms. The SMILES string of the molecule is COc1ccc(N2C(=S)N[C@H](c3ccccn3)[C@H]2c2cccn2-c2cccc(C(F)(F)F)c2)cc1NC(C)=O. The van der Waals surface area contributed by atoms with Crippen LogP contribution in [0.2, 0.25) is 0 Å². The van der Waals surface area contributed by atoms with Gasteiger partial charge in [0.05, 0.1) is 30.1 Å². The lowest BCUT2D eigenvalue weighted by atomic mass is 10.0. The molecule has 1 amide bonds. The zero-order chi connectivity index (χ0) is 27.7. The molecule has 0 spiro atoms. The second-order valence-corrected chi connectivity index (χ2v) is 9.30. The molecule has 0 bridgehead atoms. The summed E-state index contributed by atoms with van der Waals surface area (Å²) in [6, 6.07) is 18.7. The number of nitrogens with one attached hydrogen (secondary N) is 2. The summed E-state index contributed by atoms with van der Waals surface area (Å²) in [5.41, 5.74) is 2.12. The number of carbonyl (C=O) groups is 1. The van der Waals surface area contributed by atoms with Gasteiger partial charge in [-0.3, -0.25) is 9.78 Å². The number of rotatable bonds is 6. The Kier molecular flexibility index (Phi) is 7.00. The Hall–Kier alpha value is -4.38. The number of methoxy groups -OCH3 is 1. The second kappa shape index (κ2) is 10.4. The number of hydrogen-bond acceptors (Lipinski definition) is 4. The lowest BCUT2D eigenvalue weighted by Gasteiger charge is -2.29. The highest BCUT2D eigenvalue weighted by atomic mass is 32.1. The van der Waals surface area contributed by atoms with Crippen LogP contribution in [0.15, 0.2) is 85.2 Å². The number of nitrogens with zero attached hydrogens (tertiary/aromatic N) is 3. The van der Waals surface area contributed by atoms with Crippen molar-refractivity contribution >= 4 is 34.6 Å². The summed E-state index contributed by atoms with van der Waals surface area (Å²) in [5, 5.41) is 6.51. The number of anilines is 2. The lowest BCUT2D eigenvalue weighted by Crippen LogP contribution is -2.30. The van der Waals surface area contributed by atoms with Gasteiger partial charge in [0.15, 0.2) is 5.11 Å². The third kappa shape index (κ3) is 5.17. The zero-order valence-electron chi connectivity index (χ0n) is 20.9. The van der Waals surface area contributed by atoms with Crippen LogP contribution in [0.5, 0.6) is 5.75 Å². The maximum atomic E-state index is 13.5. The van der Waals surface area contributed by atoms with E-state index in [0.717, 1.165) is 12.1 Å². The maximum absolute atomic E-state index is 13.5. The van der Waals surface area contributed by atoms with Crippen molar-refractivity contribution in [3.05, 3.63) is 102 Å². The van der Waals surface area contributed by atoms with Crippen LogP contribution in [0, 0.1) is 0 Å². The number of aromatic nitrogens is 2. The van der Waals surface area contributed by atoms with Crippen LogP contribution in [-0.4, -0.2) is 27.7 Å². The predicted molar refractivity (Wildman–Crippen MR) is 146 cm³/mol. The number of hydrogen-bond donors (Lipinski definition) is 2.